The summed E-state index contributed by atoms with van der Waals surface area (Å²) < 4.78 is 72.9. The van der Waals surface area contributed by atoms with Crippen molar-refractivity contribution < 1.29 is 99.7 Å². The molecule has 111 heavy (non-hydrogen) atoms. The molecule has 4 aromatic rings. The molecule has 25 heteroatoms. The summed E-state index contributed by atoms with van der Waals surface area (Å²) in [5.41, 5.74) is -1.10. The zero-order valence-corrected chi connectivity index (χ0v) is 71.1. The maximum Gasteiger partial charge on any atom is 0.410 e. The van der Waals surface area contributed by atoms with E-state index in [1.54, 1.807) is 72.9 Å². The molecule has 0 aromatic heterocycles. The first kappa shape index (κ1) is 98.1. The molecule has 8 atom stereocenters. The van der Waals surface area contributed by atoms with Gasteiger partial charge in [0.15, 0.2) is 18.3 Å². The monoisotopic (exact) mass is 1560 g/mol. The Balaban J connectivity index is 0.000000629. The van der Waals surface area contributed by atoms with E-state index in [0.29, 0.717) is 17.5 Å². The highest BCUT2D eigenvalue weighted by Gasteiger charge is 2.43. The van der Waals surface area contributed by atoms with E-state index in [4.69, 9.17) is 37.9 Å². The maximum absolute atomic E-state index is 15.2. The molecule has 0 saturated carbocycles. The van der Waals surface area contributed by atoms with Crippen LogP contribution < -0.4 is 5.32 Å². The van der Waals surface area contributed by atoms with Gasteiger partial charge in [-0.2, -0.15) is 0 Å². The van der Waals surface area contributed by atoms with Crippen molar-refractivity contribution in [3.05, 3.63) is 143 Å². The molecule has 0 aliphatic heterocycles. The highest BCUT2D eigenvalue weighted by molar-refractivity contribution is 5.91. The number of hydrogen-bond donors (Lipinski definition) is 2. The topological polar surface area (TPSA) is 287 Å². The SMILES string of the molecule is CN(C(=O)OC(C)(C)C)[C@@H](CC(C)(C)F)C(=O)O[C@H](Cc1ccc(C(C)(C)C)cc1)C(=O)O.CN[C@@H](CC(C)(C)C)C(=O)O[C@H](C)C(=O)OCc1ccccc1.C[C@@H](OC(=O)[C@H](CC(C)(C)C)N(C)C(=O)[C@@H](Cc1ccc(C(C)(C)C)cc1)OC(=O)[C@H](CC(C)(C)F)N(C)C(=O)OC(C)(C)C)C(=O)OCc1ccccc1. The second kappa shape index (κ2) is 42.0. The second-order valence-electron chi connectivity index (χ2n) is 35.7. The first-order valence-corrected chi connectivity index (χ1v) is 37.5. The van der Waals surface area contributed by atoms with Gasteiger partial charge in [0, 0.05) is 46.8 Å². The lowest BCUT2D eigenvalue weighted by atomic mass is 9.86. The number of carboxylic acids is 1. The van der Waals surface area contributed by atoms with Crippen LogP contribution in [0.3, 0.4) is 0 Å². The van der Waals surface area contributed by atoms with Crippen LogP contribution in [-0.4, -0.2) is 179 Å². The Bertz CT molecular complexity index is 3650. The van der Waals surface area contributed by atoms with Crippen molar-refractivity contribution in [3.8, 4) is 0 Å². The Hall–Kier alpha value is -9.00. The van der Waals surface area contributed by atoms with Gasteiger partial charge in [-0.25, -0.2) is 47.1 Å². The number of carbonyl (C=O) groups excluding carboxylic acids is 9. The fourth-order valence-electron chi connectivity index (χ4n) is 10.7. The van der Waals surface area contributed by atoms with Crippen LogP contribution >= 0.6 is 0 Å². The van der Waals surface area contributed by atoms with Gasteiger partial charge in [0.25, 0.3) is 5.91 Å². The molecule has 4 aromatic carbocycles. The van der Waals surface area contributed by atoms with Gasteiger partial charge in [-0.1, -0.05) is 192 Å². The van der Waals surface area contributed by atoms with Crippen LogP contribution in [0.4, 0.5) is 18.4 Å². The van der Waals surface area contributed by atoms with Crippen LogP contribution in [0.1, 0.15) is 225 Å². The summed E-state index contributed by atoms with van der Waals surface area (Å²) in [6, 6.07) is 28.8. The number of carbonyl (C=O) groups is 10. The summed E-state index contributed by atoms with van der Waals surface area (Å²) in [6.45, 7) is 42.3. The van der Waals surface area contributed by atoms with Crippen molar-refractivity contribution in [2.24, 2.45) is 10.8 Å². The van der Waals surface area contributed by atoms with Gasteiger partial charge in [-0.15, -0.1) is 0 Å². The number of halogens is 2. The molecule has 0 aliphatic carbocycles. The Kier molecular flexibility index (Phi) is 37.1. The van der Waals surface area contributed by atoms with Gasteiger partial charge in [-0.3, -0.25) is 19.4 Å². The number of benzene rings is 4. The van der Waals surface area contributed by atoms with Crippen molar-refractivity contribution in [3.63, 3.8) is 0 Å². The third-order valence-corrected chi connectivity index (χ3v) is 16.8. The molecule has 0 heterocycles. The fourth-order valence-corrected chi connectivity index (χ4v) is 10.7. The zero-order chi connectivity index (χ0) is 85.3. The molecule has 0 radical (unpaired) electrons. The Morgan fingerprint density at radius 3 is 1.02 bits per heavy atom. The van der Waals surface area contributed by atoms with Gasteiger partial charge in [0.1, 0.15) is 59.9 Å². The molecule has 0 unspecified atom stereocenters. The molecule has 2 N–H and O–H groups in total. The molecule has 620 valence electrons. The molecule has 23 nitrogen and oxygen atoms in total. The summed E-state index contributed by atoms with van der Waals surface area (Å²) in [7, 11) is 5.71. The predicted octanol–water partition coefficient (Wildman–Crippen LogP) is 15.3. The van der Waals surface area contributed by atoms with E-state index in [9.17, 15) is 57.4 Å². The Labute approximate surface area is 658 Å². The molecule has 4 rings (SSSR count). The van der Waals surface area contributed by atoms with Gasteiger partial charge in [0.05, 0.1) is 0 Å². The largest absolute Gasteiger partial charge is 0.478 e. The van der Waals surface area contributed by atoms with Crippen LogP contribution in [0.25, 0.3) is 0 Å². The normalized spacial score (nSPS) is 14.3. The van der Waals surface area contributed by atoms with Crippen LogP contribution in [0.2, 0.25) is 0 Å². The number of amides is 3. The number of nitrogens with zero attached hydrogens (tertiary/aromatic N) is 3. The van der Waals surface area contributed by atoms with Crippen molar-refractivity contribution in [1.29, 1.82) is 0 Å². The van der Waals surface area contributed by atoms with E-state index in [2.05, 4.69) is 46.9 Å². The summed E-state index contributed by atoms with van der Waals surface area (Å²) in [5.74, 6) is -6.70. The van der Waals surface area contributed by atoms with Gasteiger partial charge in [0.2, 0.25) is 6.10 Å². The van der Waals surface area contributed by atoms with E-state index in [1.165, 1.54) is 62.7 Å². The van der Waals surface area contributed by atoms with E-state index >= 15 is 4.39 Å². The standard InChI is InChI=1S/C43H63FN2O9.C25H38FNO6.C18H27NO4/c1-28(36(48)52-27-30-18-16-15-17-19-30)53-37(49)32(25-40(2,3)4)45(13)35(47)34(24-29-20-22-31(23-21-29)41(5,6)7)54-38(50)33(26-43(11,12)44)46(14)39(51)55-42(8,9)10;1-23(2,3)17-12-10-16(11-13-17)14-19(20(28)29)32-21(30)18(15-25(7,8)26)27(9)22(31)33-24(4,5)6;1-13(16(20)22-12-14-9-7-6-8-10-14)23-17(21)15(19-5)11-18(2,3)4/h15-23,28,32-34H,24-27H2,1-14H3;10-13,18-19H,14-15H2,1-9H3,(H,28,29);6-10,13,15,19H,11-12H2,1-5H3/t28-,32+,33+,34-;18-,19+;13-,15+/m101/s1. The molecular formula is C86H128F2N4O19. The minimum Gasteiger partial charge on any atom is -0.478 e. The second-order valence-corrected chi connectivity index (χ2v) is 35.7. The minimum absolute atomic E-state index is 0.0150. The number of alkyl halides is 2. The average Bonchev–Trinajstić information content (AvgIpc) is 0.822. The highest BCUT2D eigenvalue weighted by atomic mass is 19.1. The van der Waals surface area contributed by atoms with Gasteiger partial charge >= 0.3 is 54.0 Å². The van der Waals surface area contributed by atoms with Crippen LogP contribution in [0.15, 0.2) is 109 Å². The number of hydrogen-bond acceptors (Lipinski definition) is 19. The van der Waals surface area contributed by atoms with Crippen molar-refractivity contribution in [2.75, 3.05) is 28.2 Å². The third kappa shape index (κ3) is 38.2. The number of likely N-dealkylation sites (N-methyl/N-ethyl adjacent to an activating group) is 4. The summed E-state index contributed by atoms with van der Waals surface area (Å²) in [5, 5.41) is 12.6. The van der Waals surface area contributed by atoms with Crippen molar-refractivity contribution >= 4 is 59.9 Å². The number of nitrogens with one attached hydrogen (secondary N) is 1. The van der Waals surface area contributed by atoms with E-state index in [1.807, 2.05) is 126 Å². The highest BCUT2D eigenvalue weighted by Crippen LogP contribution is 2.31. The Morgan fingerprint density at radius 2 is 0.712 bits per heavy atom. The van der Waals surface area contributed by atoms with Crippen LogP contribution in [0, 0.1) is 10.8 Å². The molecule has 3 amide bonds. The van der Waals surface area contributed by atoms with Gasteiger partial charge in [-0.05, 0) is 158 Å². The first-order chi connectivity index (χ1) is 50.6. The number of ether oxygens (including phenoxy) is 8. The number of aliphatic carboxylic acids is 1. The molecule has 0 aliphatic rings. The smallest absolute Gasteiger partial charge is 0.410 e. The quantitative estimate of drug-likeness (QED) is 0.0362. The summed E-state index contributed by atoms with van der Waals surface area (Å²) in [4.78, 5) is 133. The Morgan fingerprint density at radius 1 is 0.396 bits per heavy atom. The summed E-state index contributed by atoms with van der Waals surface area (Å²) >= 11 is 0. The van der Waals surface area contributed by atoms with E-state index in [0.717, 1.165) is 37.0 Å². The number of carboxylic acid groups (broad SMARTS) is 1. The lowest BCUT2D eigenvalue weighted by Gasteiger charge is -2.35. The molecule has 0 spiro atoms. The maximum atomic E-state index is 15.2. The first-order valence-electron chi connectivity index (χ1n) is 37.5. The zero-order valence-electron chi connectivity index (χ0n) is 71.1. The molecule has 0 fully saturated rings. The molecule has 0 saturated heterocycles. The van der Waals surface area contributed by atoms with Crippen molar-refractivity contribution in [1.82, 2.24) is 20.0 Å². The van der Waals surface area contributed by atoms with Gasteiger partial charge < -0.3 is 53.2 Å². The van der Waals surface area contributed by atoms with Crippen molar-refractivity contribution in [2.45, 2.75) is 300 Å². The minimum atomic E-state index is -1.92. The number of esters is 6. The summed E-state index contributed by atoms with van der Waals surface area (Å²) in [6.07, 6.45) is -7.16. The third-order valence-electron chi connectivity index (χ3n) is 16.8. The predicted molar refractivity (Wildman–Crippen MR) is 421 cm³/mol. The lowest BCUT2D eigenvalue weighted by molar-refractivity contribution is -0.174. The lowest BCUT2D eigenvalue weighted by Crippen LogP contribution is -2.53. The van der Waals surface area contributed by atoms with Crippen LogP contribution in [0.5, 0.6) is 0 Å². The molecule has 0 bridgehead atoms. The molecular weight excluding hydrogens is 1430 g/mol. The number of rotatable bonds is 30. The fraction of sp³-hybridized carbons (Fsp3) is 0.605. The van der Waals surface area contributed by atoms with Crippen LogP contribution in [-0.2, 0) is 113 Å². The van der Waals surface area contributed by atoms with E-state index in [-0.39, 0.29) is 55.1 Å². The van der Waals surface area contributed by atoms with E-state index < -0.39 is 143 Å². The average molecular weight is 1560 g/mol.